The number of benzene rings is 1. The molecule has 4 rings (SSSR count). The van der Waals surface area contributed by atoms with Crippen LogP contribution in [0.15, 0.2) is 40.7 Å². The first-order valence-electron chi connectivity index (χ1n) is 11.5. The van der Waals surface area contributed by atoms with Crippen LogP contribution in [0.4, 0.5) is 0 Å². The van der Waals surface area contributed by atoms with Crippen molar-refractivity contribution in [2.75, 3.05) is 7.11 Å². The molecule has 0 aromatic heterocycles. The molecule has 0 spiro atoms. The van der Waals surface area contributed by atoms with E-state index >= 15 is 0 Å². The van der Waals surface area contributed by atoms with Gasteiger partial charge in [0.2, 0.25) is 0 Å². The van der Waals surface area contributed by atoms with Crippen molar-refractivity contribution in [2.45, 2.75) is 79.2 Å². The number of nitrogens with one attached hydrogen (secondary N) is 1. The average molecular weight is 438 g/mol. The van der Waals surface area contributed by atoms with Crippen LogP contribution in [-0.4, -0.2) is 24.8 Å². The molecule has 32 heavy (non-hydrogen) atoms. The van der Waals surface area contributed by atoms with Crippen molar-refractivity contribution in [2.24, 2.45) is 10.8 Å². The number of dihydropyridines is 1. The fraction of sp³-hybridized carbons (Fsp3) is 0.556. The second-order valence-electron chi connectivity index (χ2n) is 11.3. The lowest BCUT2D eigenvalue weighted by Gasteiger charge is -2.44. The Balaban J connectivity index is 1.89. The van der Waals surface area contributed by atoms with Gasteiger partial charge in [-0.1, -0.05) is 33.8 Å². The third-order valence-corrected chi connectivity index (χ3v) is 6.60. The predicted octanol–water partition coefficient (Wildman–Crippen LogP) is 5.46. The van der Waals surface area contributed by atoms with Gasteiger partial charge in [-0.2, -0.15) is 0 Å². The van der Waals surface area contributed by atoms with E-state index in [4.69, 9.17) is 9.47 Å². The van der Waals surface area contributed by atoms with E-state index in [1.165, 1.54) is 0 Å². The summed E-state index contributed by atoms with van der Waals surface area (Å²) in [6.45, 7) is 12.5. The molecule has 0 amide bonds. The number of allylic oxidation sites excluding steroid dienone is 4. The molecular formula is C27H35NO4. The van der Waals surface area contributed by atoms with Gasteiger partial charge in [0.15, 0.2) is 23.1 Å². The molecule has 0 fully saturated rings. The maximum absolute atomic E-state index is 13.4. The summed E-state index contributed by atoms with van der Waals surface area (Å²) in [5.41, 5.74) is 4.13. The van der Waals surface area contributed by atoms with Gasteiger partial charge >= 0.3 is 0 Å². The Bertz CT molecular complexity index is 990. The summed E-state index contributed by atoms with van der Waals surface area (Å²) < 4.78 is 11.5. The summed E-state index contributed by atoms with van der Waals surface area (Å²) in [5.74, 6) is 1.16. The van der Waals surface area contributed by atoms with Crippen LogP contribution in [0.3, 0.4) is 0 Å². The van der Waals surface area contributed by atoms with E-state index < -0.39 is 0 Å². The van der Waals surface area contributed by atoms with Crippen molar-refractivity contribution in [1.82, 2.24) is 5.32 Å². The average Bonchev–Trinajstić information content (AvgIpc) is 2.64. The lowest BCUT2D eigenvalue weighted by molar-refractivity contribution is -0.119. The lowest BCUT2D eigenvalue weighted by atomic mass is 9.64. The molecule has 1 aromatic carbocycles. The van der Waals surface area contributed by atoms with E-state index in [0.717, 1.165) is 40.9 Å². The number of hydrogen-bond acceptors (Lipinski definition) is 5. The van der Waals surface area contributed by atoms with Crippen molar-refractivity contribution in [1.29, 1.82) is 0 Å². The van der Waals surface area contributed by atoms with Gasteiger partial charge in [0.1, 0.15) is 0 Å². The number of ether oxygens (including phenoxy) is 2. The van der Waals surface area contributed by atoms with E-state index in [-0.39, 0.29) is 34.4 Å². The van der Waals surface area contributed by atoms with E-state index in [1.54, 1.807) is 7.11 Å². The van der Waals surface area contributed by atoms with Crippen LogP contribution in [0, 0.1) is 10.8 Å². The van der Waals surface area contributed by atoms with Crippen LogP contribution in [0.5, 0.6) is 11.5 Å². The molecular weight excluding hydrogens is 402 g/mol. The SMILES string of the molecule is COc1cc(C2C3=C(CC(C)(C)CC3=O)NC3=C2C(=O)CC(C)(C)C3)ccc1OC(C)C. The number of rotatable bonds is 4. The maximum Gasteiger partial charge on any atom is 0.162 e. The summed E-state index contributed by atoms with van der Waals surface area (Å²) in [5, 5.41) is 3.56. The van der Waals surface area contributed by atoms with Gasteiger partial charge < -0.3 is 14.8 Å². The molecule has 2 aliphatic carbocycles. The number of methoxy groups -OCH3 is 1. The standard InChI is InChI=1S/C27H35NO4/c1-15(2)32-21-9-8-16(10-22(21)31-7)23-24-17(11-26(3,4)13-19(24)29)28-18-12-27(5,6)14-20(30)25(18)23/h8-10,15,23,28H,11-14H2,1-7H3. The molecule has 0 saturated heterocycles. The second-order valence-corrected chi connectivity index (χ2v) is 11.3. The highest BCUT2D eigenvalue weighted by molar-refractivity contribution is 6.06. The fourth-order valence-corrected chi connectivity index (χ4v) is 5.44. The molecule has 1 heterocycles. The van der Waals surface area contributed by atoms with Gasteiger partial charge in [0.25, 0.3) is 0 Å². The van der Waals surface area contributed by atoms with Gasteiger partial charge in [-0.15, -0.1) is 0 Å². The lowest BCUT2D eigenvalue weighted by Crippen LogP contribution is -2.42. The van der Waals surface area contributed by atoms with E-state index in [0.29, 0.717) is 24.3 Å². The van der Waals surface area contributed by atoms with Crippen LogP contribution in [0.1, 0.15) is 78.7 Å². The van der Waals surface area contributed by atoms with E-state index in [9.17, 15) is 9.59 Å². The van der Waals surface area contributed by atoms with Gasteiger partial charge in [0, 0.05) is 41.3 Å². The first kappa shape index (κ1) is 22.6. The number of hydrogen-bond donors (Lipinski definition) is 1. The summed E-state index contributed by atoms with van der Waals surface area (Å²) in [4.78, 5) is 26.8. The Morgan fingerprint density at radius 2 is 1.41 bits per heavy atom. The van der Waals surface area contributed by atoms with Crippen molar-refractivity contribution in [3.05, 3.63) is 46.3 Å². The molecule has 5 nitrogen and oxygen atoms in total. The minimum absolute atomic E-state index is 0.0153. The summed E-state index contributed by atoms with van der Waals surface area (Å²) >= 11 is 0. The number of Topliss-reactive ketones (excluding diaryl/α,β-unsaturated/α-hetero) is 2. The highest BCUT2D eigenvalue weighted by Crippen LogP contribution is 2.51. The number of ketones is 2. The van der Waals surface area contributed by atoms with Crippen molar-refractivity contribution >= 4 is 11.6 Å². The Morgan fingerprint density at radius 1 is 0.875 bits per heavy atom. The topological polar surface area (TPSA) is 64.6 Å². The molecule has 0 unspecified atom stereocenters. The first-order chi connectivity index (χ1) is 14.9. The Kier molecular flexibility index (Phi) is 5.51. The quantitative estimate of drug-likeness (QED) is 0.678. The summed E-state index contributed by atoms with van der Waals surface area (Å²) in [6, 6.07) is 5.81. The zero-order chi connectivity index (χ0) is 23.4. The number of carbonyl (C=O) groups excluding carboxylic acids is 2. The van der Waals surface area contributed by atoms with Crippen LogP contribution in [0.25, 0.3) is 0 Å². The van der Waals surface area contributed by atoms with Crippen molar-refractivity contribution in [3.8, 4) is 11.5 Å². The molecule has 0 atom stereocenters. The minimum atomic E-state index is -0.365. The highest BCUT2D eigenvalue weighted by atomic mass is 16.5. The summed E-state index contributed by atoms with van der Waals surface area (Å²) in [7, 11) is 1.62. The van der Waals surface area contributed by atoms with Gasteiger partial charge in [-0.25, -0.2) is 0 Å². The molecule has 0 radical (unpaired) electrons. The molecule has 172 valence electrons. The Hall–Kier alpha value is -2.56. The maximum atomic E-state index is 13.4. The zero-order valence-electron chi connectivity index (χ0n) is 20.3. The Morgan fingerprint density at radius 3 is 1.88 bits per heavy atom. The fourth-order valence-electron chi connectivity index (χ4n) is 5.44. The normalized spacial score (nSPS) is 22.5. The molecule has 5 heteroatoms. The van der Waals surface area contributed by atoms with Gasteiger partial charge in [-0.05, 0) is 55.2 Å². The highest BCUT2D eigenvalue weighted by Gasteiger charge is 2.46. The molecule has 3 aliphatic rings. The third-order valence-electron chi connectivity index (χ3n) is 6.60. The monoisotopic (exact) mass is 437 g/mol. The van der Waals surface area contributed by atoms with Crippen LogP contribution in [0.2, 0.25) is 0 Å². The minimum Gasteiger partial charge on any atom is -0.493 e. The molecule has 1 aromatic rings. The zero-order valence-corrected chi connectivity index (χ0v) is 20.3. The van der Waals surface area contributed by atoms with Crippen LogP contribution < -0.4 is 14.8 Å². The van der Waals surface area contributed by atoms with Gasteiger partial charge in [-0.3, -0.25) is 9.59 Å². The van der Waals surface area contributed by atoms with E-state index in [2.05, 4.69) is 33.0 Å². The summed E-state index contributed by atoms with van der Waals surface area (Å²) in [6.07, 6.45) is 2.57. The third kappa shape index (κ3) is 4.10. The Labute approximate surface area is 191 Å². The second kappa shape index (κ2) is 7.79. The molecule has 1 N–H and O–H groups in total. The van der Waals surface area contributed by atoms with Crippen LogP contribution >= 0.6 is 0 Å². The molecule has 0 bridgehead atoms. The molecule has 1 aliphatic heterocycles. The van der Waals surface area contributed by atoms with Crippen LogP contribution in [-0.2, 0) is 9.59 Å². The van der Waals surface area contributed by atoms with E-state index in [1.807, 2.05) is 32.0 Å². The largest absolute Gasteiger partial charge is 0.493 e. The van der Waals surface area contributed by atoms with Gasteiger partial charge in [0.05, 0.1) is 13.2 Å². The smallest absolute Gasteiger partial charge is 0.162 e. The molecule has 0 saturated carbocycles. The van der Waals surface area contributed by atoms with Crippen molar-refractivity contribution < 1.29 is 19.1 Å². The first-order valence-corrected chi connectivity index (χ1v) is 11.5. The van der Waals surface area contributed by atoms with Crippen molar-refractivity contribution in [3.63, 3.8) is 0 Å². The predicted molar refractivity (Wildman–Crippen MR) is 125 cm³/mol. The number of carbonyl (C=O) groups is 2.